The summed E-state index contributed by atoms with van der Waals surface area (Å²) < 4.78 is 2.15. The van der Waals surface area contributed by atoms with Crippen molar-refractivity contribution in [3.63, 3.8) is 0 Å². The number of nitrogens with zero attached hydrogens (tertiary/aromatic N) is 4. The van der Waals surface area contributed by atoms with Gasteiger partial charge in [0.15, 0.2) is 0 Å². The highest BCUT2D eigenvalue weighted by Gasteiger charge is 2.17. The summed E-state index contributed by atoms with van der Waals surface area (Å²) in [4.78, 5) is 9.35. The van der Waals surface area contributed by atoms with E-state index in [4.69, 9.17) is 11.6 Å². The maximum atomic E-state index is 6.14. The molecule has 2 aromatic rings. The number of alkyl halides is 1. The van der Waals surface area contributed by atoms with Crippen molar-refractivity contribution in [2.24, 2.45) is 0 Å². The van der Waals surface area contributed by atoms with Crippen LogP contribution in [-0.4, -0.2) is 47.5 Å². The van der Waals surface area contributed by atoms with Gasteiger partial charge in [0.2, 0.25) is 0 Å². The predicted molar refractivity (Wildman–Crippen MR) is 79.2 cm³/mol. The molecule has 0 saturated carbocycles. The third kappa shape index (κ3) is 2.42. The Morgan fingerprint density at radius 1 is 1.21 bits per heavy atom. The summed E-state index contributed by atoms with van der Waals surface area (Å²) in [5.41, 5.74) is 1.90. The zero-order chi connectivity index (χ0) is 13.4. The summed E-state index contributed by atoms with van der Waals surface area (Å²) in [6.07, 6.45) is 2.06. The average molecular weight is 279 g/mol. The summed E-state index contributed by atoms with van der Waals surface area (Å²) in [6.45, 7) is 6.27. The molecule has 1 fully saturated rings. The van der Waals surface area contributed by atoms with Gasteiger partial charge in [-0.3, -0.25) is 4.40 Å². The van der Waals surface area contributed by atoms with Crippen molar-refractivity contribution in [2.75, 3.05) is 38.1 Å². The SMILES string of the molecule is CC(Cl)c1cn2c(N3CCN(C)CC3)cccc2n1. The highest BCUT2D eigenvalue weighted by molar-refractivity contribution is 6.20. The number of halogens is 1. The van der Waals surface area contributed by atoms with E-state index in [0.29, 0.717) is 0 Å². The van der Waals surface area contributed by atoms with Crippen LogP contribution in [0.2, 0.25) is 0 Å². The van der Waals surface area contributed by atoms with Gasteiger partial charge in [-0.25, -0.2) is 4.98 Å². The number of anilines is 1. The molecule has 0 bridgehead atoms. The number of hydrogen-bond donors (Lipinski definition) is 0. The van der Waals surface area contributed by atoms with E-state index in [2.05, 4.69) is 44.6 Å². The van der Waals surface area contributed by atoms with Crippen LogP contribution in [0.5, 0.6) is 0 Å². The van der Waals surface area contributed by atoms with Crippen LogP contribution in [0.15, 0.2) is 24.4 Å². The number of pyridine rings is 1. The largest absolute Gasteiger partial charge is 0.355 e. The second-order valence-corrected chi connectivity index (χ2v) is 5.84. The molecule has 0 N–H and O–H groups in total. The first kappa shape index (κ1) is 12.8. The monoisotopic (exact) mass is 278 g/mol. The third-order valence-corrected chi connectivity index (χ3v) is 3.95. The molecular formula is C14H19ClN4. The molecule has 102 valence electrons. The highest BCUT2D eigenvalue weighted by Crippen LogP contribution is 2.23. The van der Waals surface area contributed by atoms with Gasteiger partial charge in [0, 0.05) is 32.4 Å². The number of imidazole rings is 1. The summed E-state index contributed by atoms with van der Waals surface area (Å²) in [5.74, 6) is 1.21. The lowest BCUT2D eigenvalue weighted by molar-refractivity contribution is 0.312. The normalized spacial score (nSPS) is 19.0. The lowest BCUT2D eigenvalue weighted by Crippen LogP contribution is -2.45. The van der Waals surface area contributed by atoms with Crippen LogP contribution in [0, 0.1) is 0 Å². The summed E-state index contributed by atoms with van der Waals surface area (Å²) >= 11 is 6.14. The summed E-state index contributed by atoms with van der Waals surface area (Å²) in [7, 11) is 2.17. The van der Waals surface area contributed by atoms with Gasteiger partial charge in [0.05, 0.1) is 11.1 Å². The lowest BCUT2D eigenvalue weighted by Gasteiger charge is -2.34. The zero-order valence-electron chi connectivity index (χ0n) is 11.4. The molecule has 2 aromatic heterocycles. The van der Waals surface area contributed by atoms with Crippen LogP contribution in [0.25, 0.3) is 5.65 Å². The van der Waals surface area contributed by atoms with Crippen molar-refractivity contribution in [3.8, 4) is 0 Å². The first-order valence-electron chi connectivity index (χ1n) is 6.71. The molecule has 3 rings (SSSR count). The second kappa shape index (κ2) is 5.02. The number of fused-ring (bicyclic) bond motifs is 1. The molecule has 3 heterocycles. The molecule has 1 unspecified atom stereocenters. The van der Waals surface area contributed by atoms with Crippen molar-refractivity contribution in [2.45, 2.75) is 12.3 Å². The molecule has 0 spiro atoms. The standard InChI is InChI=1S/C14H19ClN4/c1-11(15)12-10-19-13(16-12)4-3-5-14(19)18-8-6-17(2)7-9-18/h3-5,10-11H,6-9H2,1-2H3. The van der Waals surface area contributed by atoms with E-state index in [0.717, 1.165) is 37.5 Å². The van der Waals surface area contributed by atoms with Gasteiger partial charge in [-0.2, -0.15) is 0 Å². The van der Waals surface area contributed by atoms with Gasteiger partial charge < -0.3 is 9.80 Å². The number of piperazine rings is 1. The van der Waals surface area contributed by atoms with E-state index in [1.165, 1.54) is 5.82 Å². The van der Waals surface area contributed by atoms with Crippen molar-refractivity contribution in [1.82, 2.24) is 14.3 Å². The van der Waals surface area contributed by atoms with Crippen LogP contribution in [-0.2, 0) is 0 Å². The van der Waals surface area contributed by atoms with Gasteiger partial charge >= 0.3 is 0 Å². The molecule has 5 heteroatoms. The van der Waals surface area contributed by atoms with Crippen molar-refractivity contribution >= 4 is 23.1 Å². The van der Waals surface area contributed by atoms with Gasteiger partial charge in [-0.1, -0.05) is 6.07 Å². The van der Waals surface area contributed by atoms with Crippen LogP contribution in [0.1, 0.15) is 18.0 Å². The van der Waals surface area contributed by atoms with Gasteiger partial charge in [-0.15, -0.1) is 11.6 Å². The fourth-order valence-corrected chi connectivity index (χ4v) is 2.61. The molecule has 0 radical (unpaired) electrons. The Kier molecular flexibility index (Phi) is 3.37. The molecule has 0 aromatic carbocycles. The summed E-state index contributed by atoms with van der Waals surface area (Å²) in [6, 6.07) is 6.25. The van der Waals surface area contributed by atoms with Crippen molar-refractivity contribution in [1.29, 1.82) is 0 Å². The molecule has 1 aliphatic rings. The van der Waals surface area contributed by atoms with Gasteiger partial charge in [0.1, 0.15) is 11.5 Å². The second-order valence-electron chi connectivity index (χ2n) is 5.18. The Morgan fingerprint density at radius 3 is 2.63 bits per heavy atom. The Hall–Kier alpha value is -1.26. The first-order valence-corrected chi connectivity index (χ1v) is 7.14. The number of aromatic nitrogens is 2. The molecule has 0 amide bonds. The van der Waals surface area contributed by atoms with E-state index in [1.54, 1.807) is 0 Å². The Balaban J connectivity index is 1.98. The number of rotatable bonds is 2. The number of hydrogen-bond acceptors (Lipinski definition) is 3. The minimum atomic E-state index is -0.0553. The topological polar surface area (TPSA) is 23.8 Å². The van der Waals surface area contributed by atoms with Crippen molar-refractivity contribution in [3.05, 3.63) is 30.1 Å². The highest BCUT2D eigenvalue weighted by atomic mass is 35.5. The van der Waals surface area contributed by atoms with Crippen LogP contribution in [0.4, 0.5) is 5.82 Å². The first-order chi connectivity index (χ1) is 9.15. The van der Waals surface area contributed by atoms with Gasteiger partial charge in [-0.05, 0) is 26.1 Å². The lowest BCUT2D eigenvalue weighted by atomic mass is 10.3. The van der Waals surface area contributed by atoms with E-state index in [9.17, 15) is 0 Å². The fraction of sp³-hybridized carbons (Fsp3) is 0.500. The van der Waals surface area contributed by atoms with Crippen LogP contribution in [0.3, 0.4) is 0 Å². The quantitative estimate of drug-likeness (QED) is 0.788. The average Bonchev–Trinajstić information content (AvgIpc) is 2.83. The van der Waals surface area contributed by atoms with E-state index in [1.807, 2.05) is 13.0 Å². The molecule has 1 aliphatic heterocycles. The minimum absolute atomic E-state index is 0.0553. The Bertz CT molecular complexity index is 570. The zero-order valence-corrected chi connectivity index (χ0v) is 12.1. The predicted octanol–water partition coefficient (Wildman–Crippen LogP) is 2.39. The third-order valence-electron chi connectivity index (χ3n) is 3.72. The molecular weight excluding hydrogens is 260 g/mol. The summed E-state index contributed by atoms with van der Waals surface area (Å²) in [5, 5.41) is -0.0553. The molecule has 19 heavy (non-hydrogen) atoms. The molecule has 4 nitrogen and oxygen atoms in total. The fourth-order valence-electron chi connectivity index (χ4n) is 2.50. The molecule has 0 aliphatic carbocycles. The maximum absolute atomic E-state index is 6.14. The van der Waals surface area contributed by atoms with Gasteiger partial charge in [0.25, 0.3) is 0 Å². The van der Waals surface area contributed by atoms with Crippen LogP contribution >= 0.6 is 11.6 Å². The van der Waals surface area contributed by atoms with E-state index >= 15 is 0 Å². The Morgan fingerprint density at radius 2 is 1.95 bits per heavy atom. The maximum Gasteiger partial charge on any atom is 0.138 e. The van der Waals surface area contributed by atoms with E-state index in [-0.39, 0.29) is 5.38 Å². The molecule has 1 saturated heterocycles. The van der Waals surface area contributed by atoms with Crippen molar-refractivity contribution < 1.29 is 0 Å². The van der Waals surface area contributed by atoms with Crippen LogP contribution < -0.4 is 4.90 Å². The smallest absolute Gasteiger partial charge is 0.138 e. The Labute approximate surface area is 118 Å². The number of likely N-dealkylation sites (N-methyl/N-ethyl adjacent to an activating group) is 1. The minimum Gasteiger partial charge on any atom is -0.355 e. The molecule has 1 atom stereocenters. The van der Waals surface area contributed by atoms with E-state index < -0.39 is 0 Å².